The molecule has 1 unspecified atom stereocenters. The minimum Gasteiger partial charge on any atom is -0.337 e. The minimum atomic E-state index is -4.29. The molecular formula is C17H20F3N3. The summed E-state index contributed by atoms with van der Waals surface area (Å²) in [5, 5.41) is 0. The van der Waals surface area contributed by atoms with Crippen molar-refractivity contribution >= 4 is 0 Å². The van der Waals surface area contributed by atoms with E-state index in [1.807, 2.05) is 10.8 Å². The fraction of sp³-hybridized carbons (Fsp3) is 0.471. The molecule has 1 atom stereocenters. The summed E-state index contributed by atoms with van der Waals surface area (Å²) in [7, 11) is 0. The van der Waals surface area contributed by atoms with Crippen LogP contribution in [0.5, 0.6) is 0 Å². The van der Waals surface area contributed by atoms with Gasteiger partial charge in [0.1, 0.15) is 0 Å². The summed E-state index contributed by atoms with van der Waals surface area (Å²) in [6, 6.07) is 5.88. The molecule has 3 nitrogen and oxygen atoms in total. The molecule has 124 valence electrons. The van der Waals surface area contributed by atoms with Crippen LogP contribution in [0.1, 0.15) is 24.0 Å². The van der Waals surface area contributed by atoms with Gasteiger partial charge in [-0.05, 0) is 36.9 Å². The lowest BCUT2D eigenvalue weighted by Gasteiger charge is -2.33. The molecular weight excluding hydrogens is 303 g/mol. The summed E-state index contributed by atoms with van der Waals surface area (Å²) < 4.78 is 41.3. The normalized spacial score (nSPS) is 19.9. The van der Waals surface area contributed by atoms with Crippen molar-refractivity contribution in [3.63, 3.8) is 0 Å². The molecule has 3 rings (SSSR count). The molecule has 6 heteroatoms. The van der Waals surface area contributed by atoms with E-state index in [-0.39, 0.29) is 0 Å². The summed E-state index contributed by atoms with van der Waals surface area (Å²) in [5.41, 5.74) is -0.153. The smallest absolute Gasteiger partial charge is 0.337 e. The maximum atomic E-state index is 13.1. The summed E-state index contributed by atoms with van der Waals surface area (Å²) in [6.07, 6.45) is 3.31. The molecule has 1 saturated heterocycles. The largest absolute Gasteiger partial charge is 0.416 e. The van der Waals surface area contributed by atoms with Crippen molar-refractivity contribution in [3.05, 3.63) is 54.1 Å². The van der Waals surface area contributed by atoms with Gasteiger partial charge in [0.2, 0.25) is 0 Å². The van der Waals surface area contributed by atoms with E-state index in [1.54, 1.807) is 24.7 Å². The Bertz CT molecular complexity index is 622. The van der Waals surface area contributed by atoms with Crippen molar-refractivity contribution in [2.24, 2.45) is 5.92 Å². The highest BCUT2D eigenvalue weighted by Crippen LogP contribution is 2.33. The van der Waals surface area contributed by atoms with Gasteiger partial charge in [0, 0.05) is 32.0 Å². The van der Waals surface area contributed by atoms with E-state index in [2.05, 4.69) is 9.88 Å². The van der Waals surface area contributed by atoms with Crippen LogP contribution in [0.25, 0.3) is 0 Å². The number of aromatic nitrogens is 2. The fourth-order valence-electron chi connectivity index (χ4n) is 3.31. The molecule has 0 radical (unpaired) electrons. The number of hydrogen-bond acceptors (Lipinski definition) is 2. The van der Waals surface area contributed by atoms with E-state index in [0.29, 0.717) is 18.0 Å². The van der Waals surface area contributed by atoms with Crippen molar-refractivity contribution in [2.45, 2.75) is 32.1 Å². The third kappa shape index (κ3) is 4.13. The minimum absolute atomic E-state index is 0.357. The summed E-state index contributed by atoms with van der Waals surface area (Å²) in [5.74, 6) is 0.455. The number of benzene rings is 1. The van der Waals surface area contributed by atoms with E-state index < -0.39 is 11.7 Å². The monoisotopic (exact) mass is 323 g/mol. The van der Waals surface area contributed by atoms with Gasteiger partial charge in [-0.15, -0.1) is 0 Å². The van der Waals surface area contributed by atoms with Crippen LogP contribution >= 0.6 is 0 Å². The van der Waals surface area contributed by atoms with Gasteiger partial charge in [-0.25, -0.2) is 4.98 Å². The second kappa shape index (κ2) is 6.74. The molecule has 1 aliphatic heterocycles. The number of rotatable bonds is 4. The molecule has 1 aromatic heterocycles. The average Bonchev–Trinajstić information content (AvgIpc) is 3.00. The van der Waals surface area contributed by atoms with Crippen LogP contribution in [0, 0.1) is 5.92 Å². The zero-order chi connectivity index (χ0) is 16.3. The van der Waals surface area contributed by atoms with Gasteiger partial charge in [0.25, 0.3) is 0 Å². The van der Waals surface area contributed by atoms with Gasteiger partial charge >= 0.3 is 6.18 Å². The van der Waals surface area contributed by atoms with E-state index in [9.17, 15) is 13.2 Å². The molecule has 0 aliphatic carbocycles. The zero-order valence-corrected chi connectivity index (χ0v) is 12.8. The van der Waals surface area contributed by atoms with Crippen molar-refractivity contribution < 1.29 is 13.2 Å². The van der Waals surface area contributed by atoms with Crippen LogP contribution in [0.4, 0.5) is 13.2 Å². The maximum absolute atomic E-state index is 13.1. The Morgan fingerprint density at radius 1 is 1.22 bits per heavy atom. The Labute approximate surface area is 133 Å². The van der Waals surface area contributed by atoms with Crippen LogP contribution in [0.3, 0.4) is 0 Å². The molecule has 0 N–H and O–H groups in total. The standard InChI is InChI=1S/C17H20F3N3/c18-17(19,20)16-6-2-1-5-15(16)12-22-8-3-4-14(10-22)11-23-9-7-21-13-23/h1-2,5-7,9,13-14H,3-4,8,10-12H2. The van der Waals surface area contributed by atoms with Gasteiger partial charge in [-0.3, -0.25) is 4.90 Å². The number of piperidine rings is 1. The lowest BCUT2D eigenvalue weighted by atomic mass is 9.97. The number of hydrogen-bond donors (Lipinski definition) is 0. The van der Waals surface area contributed by atoms with E-state index in [1.165, 1.54) is 12.1 Å². The molecule has 1 fully saturated rings. The number of imidazole rings is 1. The molecule has 2 heterocycles. The first-order valence-corrected chi connectivity index (χ1v) is 7.85. The van der Waals surface area contributed by atoms with E-state index in [4.69, 9.17) is 0 Å². The summed E-state index contributed by atoms with van der Waals surface area (Å²) in [6.45, 7) is 2.91. The van der Waals surface area contributed by atoms with E-state index in [0.717, 1.165) is 32.5 Å². The van der Waals surface area contributed by atoms with Gasteiger partial charge < -0.3 is 4.57 Å². The van der Waals surface area contributed by atoms with E-state index >= 15 is 0 Å². The van der Waals surface area contributed by atoms with Crippen molar-refractivity contribution in [3.8, 4) is 0 Å². The molecule has 0 spiro atoms. The van der Waals surface area contributed by atoms with Crippen LogP contribution in [-0.4, -0.2) is 27.5 Å². The van der Waals surface area contributed by atoms with Gasteiger partial charge in [0.15, 0.2) is 0 Å². The van der Waals surface area contributed by atoms with Gasteiger partial charge in [0.05, 0.1) is 11.9 Å². The molecule has 1 aliphatic rings. The zero-order valence-electron chi connectivity index (χ0n) is 12.8. The first kappa shape index (κ1) is 16.1. The van der Waals surface area contributed by atoms with Crippen molar-refractivity contribution in [1.29, 1.82) is 0 Å². The number of likely N-dealkylation sites (tertiary alicyclic amines) is 1. The topological polar surface area (TPSA) is 21.1 Å². The second-order valence-electron chi connectivity index (χ2n) is 6.16. The Morgan fingerprint density at radius 3 is 2.78 bits per heavy atom. The molecule has 0 saturated carbocycles. The van der Waals surface area contributed by atoms with Gasteiger partial charge in [-0.2, -0.15) is 13.2 Å². The first-order chi connectivity index (χ1) is 11.0. The SMILES string of the molecule is FC(F)(F)c1ccccc1CN1CCCC(Cn2ccnc2)C1. The summed E-state index contributed by atoms with van der Waals surface area (Å²) in [4.78, 5) is 6.17. The van der Waals surface area contributed by atoms with Crippen molar-refractivity contribution in [2.75, 3.05) is 13.1 Å². The quantitative estimate of drug-likeness (QED) is 0.853. The highest BCUT2D eigenvalue weighted by molar-refractivity contribution is 5.29. The first-order valence-electron chi connectivity index (χ1n) is 7.85. The second-order valence-corrected chi connectivity index (χ2v) is 6.16. The average molecular weight is 323 g/mol. The van der Waals surface area contributed by atoms with Crippen LogP contribution < -0.4 is 0 Å². The number of halogens is 3. The predicted octanol–water partition coefficient (Wildman–Crippen LogP) is 3.81. The molecule has 0 amide bonds. The fourth-order valence-corrected chi connectivity index (χ4v) is 3.31. The lowest BCUT2D eigenvalue weighted by Crippen LogP contribution is -2.36. The third-order valence-corrected chi connectivity index (χ3v) is 4.35. The Kier molecular flexibility index (Phi) is 4.71. The Balaban J connectivity index is 1.66. The highest BCUT2D eigenvalue weighted by Gasteiger charge is 2.33. The molecule has 1 aromatic carbocycles. The molecule has 2 aromatic rings. The Hall–Kier alpha value is -1.82. The third-order valence-electron chi connectivity index (χ3n) is 4.35. The molecule has 23 heavy (non-hydrogen) atoms. The number of nitrogens with zero attached hydrogens (tertiary/aromatic N) is 3. The van der Waals surface area contributed by atoms with Crippen molar-refractivity contribution in [1.82, 2.24) is 14.5 Å². The summed E-state index contributed by atoms with van der Waals surface area (Å²) >= 11 is 0. The van der Waals surface area contributed by atoms with Crippen LogP contribution in [0.2, 0.25) is 0 Å². The van der Waals surface area contributed by atoms with Crippen LogP contribution in [-0.2, 0) is 19.3 Å². The maximum Gasteiger partial charge on any atom is 0.416 e. The van der Waals surface area contributed by atoms with Gasteiger partial charge in [-0.1, -0.05) is 18.2 Å². The lowest BCUT2D eigenvalue weighted by molar-refractivity contribution is -0.138. The van der Waals surface area contributed by atoms with Crippen LogP contribution in [0.15, 0.2) is 43.0 Å². The molecule has 0 bridgehead atoms. The number of alkyl halides is 3. The predicted molar refractivity (Wildman–Crippen MR) is 81.7 cm³/mol. The highest BCUT2D eigenvalue weighted by atomic mass is 19.4. The Morgan fingerprint density at radius 2 is 2.04 bits per heavy atom.